The lowest BCUT2D eigenvalue weighted by Gasteiger charge is -2.35. The minimum absolute atomic E-state index is 0.0121. The molecule has 1 aliphatic heterocycles. The number of nitrogens with zero attached hydrogens (tertiary/aromatic N) is 2. The third-order valence-corrected chi connectivity index (χ3v) is 11.7. The first-order valence-electron chi connectivity index (χ1n) is 18.5. The van der Waals surface area contributed by atoms with Crippen LogP contribution < -0.4 is 24.8 Å². The van der Waals surface area contributed by atoms with E-state index in [0.29, 0.717) is 36.3 Å². The average Bonchev–Trinajstić information content (AvgIpc) is 3.92. The minimum Gasteiger partial charge on any atom is -0.496 e. The van der Waals surface area contributed by atoms with Gasteiger partial charge >= 0.3 is 16.4 Å². The summed E-state index contributed by atoms with van der Waals surface area (Å²) in [7, 11) is -2.81. The maximum Gasteiger partial charge on any atom is 0.408 e. The summed E-state index contributed by atoms with van der Waals surface area (Å²) in [5.41, 5.74) is -0.801. The van der Waals surface area contributed by atoms with Crippen molar-refractivity contribution >= 4 is 45.0 Å². The molecule has 1 aromatic heterocycles. The molecule has 4 fully saturated rings. The molecule has 0 spiro atoms. The van der Waals surface area contributed by atoms with E-state index >= 15 is 0 Å². The number of hydrogen-bond acceptors (Lipinski definition) is 11. The van der Waals surface area contributed by atoms with E-state index in [0.717, 1.165) is 36.6 Å². The van der Waals surface area contributed by atoms with E-state index in [1.807, 2.05) is 51.5 Å². The quantitative estimate of drug-likeness (QED) is 0.269. The van der Waals surface area contributed by atoms with E-state index in [1.54, 1.807) is 19.4 Å². The number of alkyl carbamates (subject to hydrolysis) is 1. The normalized spacial score (nSPS) is 25.1. The van der Waals surface area contributed by atoms with Gasteiger partial charge in [0.25, 0.3) is 5.91 Å². The Labute approximate surface area is 310 Å². The van der Waals surface area contributed by atoms with Crippen LogP contribution in [0.25, 0.3) is 10.9 Å². The van der Waals surface area contributed by atoms with Gasteiger partial charge in [-0.1, -0.05) is 34.1 Å². The van der Waals surface area contributed by atoms with Gasteiger partial charge in [0.05, 0.1) is 25.3 Å². The number of amides is 4. The molecule has 15 nitrogen and oxygen atoms in total. The molecule has 290 valence electrons. The zero-order chi connectivity index (χ0) is 38.3. The fourth-order valence-electron chi connectivity index (χ4n) is 7.50. The predicted molar refractivity (Wildman–Crippen MR) is 193 cm³/mol. The van der Waals surface area contributed by atoms with Crippen molar-refractivity contribution in [2.24, 2.45) is 11.3 Å². The Bertz CT molecular complexity index is 1860. The Morgan fingerprint density at radius 2 is 1.74 bits per heavy atom. The molecule has 1 aromatic carbocycles. The van der Waals surface area contributed by atoms with Gasteiger partial charge in [-0.15, -0.1) is 0 Å². The number of hydrogen-bond donors (Lipinski definition) is 3. The Morgan fingerprint density at radius 3 is 2.36 bits per heavy atom. The lowest BCUT2D eigenvalue weighted by atomic mass is 9.85. The Morgan fingerprint density at radius 1 is 1.02 bits per heavy atom. The van der Waals surface area contributed by atoms with Crippen LogP contribution in [0.2, 0.25) is 0 Å². The van der Waals surface area contributed by atoms with Crippen molar-refractivity contribution in [2.75, 3.05) is 13.7 Å². The highest BCUT2D eigenvalue weighted by atomic mass is 32.2. The third-order valence-electron chi connectivity index (χ3n) is 10.7. The minimum atomic E-state index is -4.39. The Hall–Kier alpha value is -4.18. The van der Waals surface area contributed by atoms with Crippen molar-refractivity contribution in [3.63, 3.8) is 0 Å². The molecule has 2 aromatic rings. The standard InChI is InChI=1S/C37H51N5O10S/c1-7-22-19-37(22,34(45)41-53(47,48)52-24-12-13-24)40-32(43)27-18-25(50-29-16-17-38-30-21(2)28(49-6)15-14-26(29)30)20-42(27)33(44)31(36(3,4)5)39-35(46)51-23-10-8-9-11-23/h14-17,22-25,27,31H,7-13,18-20H2,1-6H3,(H,39,46)(H,40,43)(H,41,45)/t22?,25?,27?,31?,37-/m1/s1. The SMILES string of the molecule is CCC1C[C@]1(NC(=O)C1CC(Oc2ccnc3c(C)c(OC)ccc23)CN1C(=O)C(NC(=O)OC1CCCC1)C(C)(C)C)C(=O)NS(=O)(=O)OC1CC1. The summed E-state index contributed by atoms with van der Waals surface area (Å²) in [6.07, 6.45) is 4.90. The van der Waals surface area contributed by atoms with Crippen LogP contribution in [0.4, 0.5) is 4.79 Å². The first-order chi connectivity index (χ1) is 25.0. The second kappa shape index (κ2) is 14.9. The molecular weight excluding hydrogens is 706 g/mol. The lowest BCUT2D eigenvalue weighted by Crippen LogP contribution is -2.60. The number of carbonyl (C=O) groups excluding carboxylic acids is 4. The maximum absolute atomic E-state index is 14.6. The van der Waals surface area contributed by atoms with Crippen LogP contribution in [0, 0.1) is 18.3 Å². The van der Waals surface area contributed by atoms with Crippen LogP contribution >= 0.6 is 0 Å². The van der Waals surface area contributed by atoms with Crippen molar-refractivity contribution < 1.29 is 46.0 Å². The van der Waals surface area contributed by atoms with Gasteiger partial charge in [0.1, 0.15) is 41.3 Å². The van der Waals surface area contributed by atoms with Crippen molar-refractivity contribution in [1.82, 2.24) is 25.2 Å². The van der Waals surface area contributed by atoms with Crippen molar-refractivity contribution in [2.45, 2.75) is 128 Å². The number of rotatable bonds is 13. The van der Waals surface area contributed by atoms with Gasteiger partial charge in [0, 0.05) is 23.6 Å². The summed E-state index contributed by atoms with van der Waals surface area (Å²) in [5, 5.41) is 6.33. The molecule has 4 amide bonds. The maximum atomic E-state index is 14.6. The molecule has 3 N–H and O–H groups in total. The Balaban J connectivity index is 1.27. The first-order valence-corrected chi connectivity index (χ1v) is 19.9. The summed E-state index contributed by atoms with van der Waals surface area (Å²) in [6.45, 7) is 9.15. The average molecular weight is 758 g/mol. The molecule has 1 saturated heterocycles. The van der Waals surface area contributed by atoms with E-state index in [9.17, 15) is 27.6 Å². The number of likely N-dealkylation sites (tertiary alicyclic amines) is 1. The molecule has 4 aliphatic rings. The van der Waals surface area contributed by atoms with E-state index in [-0.39, 0.29) is 31.4 Å². The number of carbonyl (C=O) groups is 4. The number of pyridine rings is 1. The Kier molecular flexibility index (Phi) is 10.9. The molecule has 53 heavy (non-hydrogen) atoms. The van der Waals surface area contributed by atoms with Crippen LogP contribution in [-0.4, -0.2) is 91.7 Å². The third kappa shape index (κ3) is 8.48. The van der Waals surface area contributed by atoms with Crippen molar-refractivity contribution in [3.05, 3.63) is 30.0 Å². The molecule has 3 aliphatic carbocycles. The zero-order valence-corrected chi connectivity index (χ0v) is 32.0. The van der Waals surface area contributed by atoms with Gasteiger partial charge in [-0.3, -0.25) is 23.6 Å². The second-order valence-electron chi connectivity index (χ2n) is 15.8. The number of aryl methyl sites for hydroxylation is 1. The molecule has 16 heteroatoms. The lowest BCUT2D eigenvalue weighted by molar-refractivity contribution is -0.143. The van der Waals surface area contributed by atoms with Gasteiger partial charge in [-0.2, -0.15) is 8.42 Å². The van der Waals surface area contributed by atoms with Crippen molar-refractivity contribution in [3.8, 4) is 11.5 Å². The fourth-order valence-corrected chi connectivity index (χ4v) is 8.51. The molecule has 2 heterocycles. The molecule has 0 bridgehead atoms. The highest BCUT2D eigenvalue weighted by Crippen LogP contribution is 2.47. The molecule has 5 atom stereocenters. The summed E-state index contributed by atoms with van der Waals surface area (Å²) in [4.78, 5) is 61.4. The van der Waals surface area contributed by atoms with Crippen molar-refractivity contribution in [1.29, 1.82) is 0 Å². The fraction of sp³-hybridized carbons (Fsp3) is 0.649. The van der Waals surface area contributed by atoms with Gasteiger partial charge in [-0.25, -0.2) is 9.52 Å². The molecule has 4 unspecified atom stereocenters. The molecule has 6 rings (SSSR count). The van der Waals surface area contributed by atoms with Gasteiger partial charge in [0.15, 0.2) is 0 Å². The van der Waals surface area contributed by atoms with E-state index in [1.165, 1.54) is 4.90 Å². The van der Waals surface area contributed by atoms with E-state index < -0.39 is 69.4 Å². The molecule has 0 radical (unpaired) electrons. The van der Waals surface area contributed by atoms with Crippen LogP contribution in [0.3, 0.4) is 0 Å². The zero-order valence-electron chi connectivity index (χ0n) is 31.2. The number of fused-ring (bicyclic) bond motifs is 1. The summed E-state index contributed by atoms with van der Waals surface area (Å²) in [5.74, 6) is -1.22. The topological polar surface area (TPSA) is 192 Å². The predicted octanol–water partition coefficient (Wildman–Crippen LogP) is 3.81. The first kappa shape index (κ1) is 38.5. The van der Waals surface area contributed by atoms with E-state index in [2.05, 4.69) is 15.6 Å². The summed E-state index contributed by atoms with van der Waals surface area (Å²) >= 11 is 0. The number of ether oxygens (including phenoxy) is 3. The largest absolute Gasteiger partial charge is 0.496 e. The summed E-state index contributed by atoms with van der Waals surface area (Å²) < 4.78 is 49.8. The van der Waals surface area contributed by atoms with Gasteiger partial charge < -0.3 is 29.7 Å². The smallest absolute Gasteiger partial charge is 0.408 e. The highest BCUT2D eigenvalue weighted by Gasteiger charge is 2.62. The number of aromatic nitrogens is 1. The van der Waals surface area contributed by atoms with Crippen LogP contribution in [0.15, 0.2) is 24.4 Å². The second-order valence-corrected chi connectivity index (χ2v) is 17.1. The van der Waals surface area contributed by atoms with Crippen LogP contribution in [0.5, 0.6) is 11.5 Å². The highest BCUT2D eigenvalue weighted by molar-refractivity contribution is 7.85. The molecular formula is C37H51N5O10S. The number of methoxy groups -OCH3 is 1. The number of benzene rings is 1. The van der Waals surface area contributed by atoms with Gasteiger partial charge in [-0.05, 0) is 81.4 Å². The van der Waals surface area contributed by atoms with E-state index in [4.69, 9.17) is 18.4 Å². The van der Waals surface area contributed by atoms with Gasteiger partial charge in [0.2, 0.25) is 11.8 Å². The van der Waals surface area contributed by atoms with Crippen LogP contribution in [-0.2, 0) is 33.6 Å². The monoisotopic (exact) mass is 757 g/mol. The summed E-state index contributed by atoms with van der Waals surface area (Å²) in [6, 6.07) is 3.17. The van der Waals surface area contributed by atoms with Crippen LogP contribution in [0.1, 0.15) is 91.0 Å². The number of nitrogens with one attached hydrogen (secondary N) is 3. The molecule has 3 saturated carbocycles.